The number of nitrogens with one attached hydrogen (secondary N) is 1. The third kappa shape index (κ3) is 3.69. The molecule has 1 aromatic heterocycles. The second-order valence-electron chi connectivity index (χ2n) is 7.65. The number of hydrogen-bond acceptors (Lipinski definition) is 5. The van der Waals surface area contributed by atoms with Gasteiger partial charge in [-0.3, -0.25) is 9.59 Å². The van der Waals surface area contributed by atoms with E-state index in [0.717, 1.165) is 31.9 Å². The third-order valence-corrected chi connectivity index (χ3v) is 4.55. The van der Waals surface area contributed by atoms with Gasteiger partial charge in [-0.25, -0.2) is 0 Å². The maximum absolute atomic E-state index is 12.5. The average molecular weight is 343 g/mol. The van der Waals surface area contributed by atoms with Gasteiger partial charge in [-0.05, 0) is 13.1 Å². The molecule has 2 aromatic rings. The van der Waals surface area contributed by atoms with Crippen LogP contribution in [0.1, 0.15) is 20.8 Å². The minimum Gasteiger partial charge on any atom is -0.464 e. The molecule has 1 aliphatic rings. The van der Waals surface area contributed by atoms with Gasteiger partial charge < -0.3 is 19.5 Å². The van der Waals surface area contributed by atoms with E-state index in [1.807, 2.05) is 32.9 Å². The number of piperazine rings is 1. The molecule has 134 valence electrons. The summed E-state index contributed by atoms with van der Waals surface area (Å²) in [4.78, 5) is 29.3. The Hall–Kier alpha value is -2.34. The van der Waals surface area contributed by atoms with Crippen molar-refractivity contribution in [1.29, 1.82) is 0 Å². The van der Waals surface area contributed by atoms with Crippen molar-refractivity contribution in [2.24, 2.45) is 5.41 Å². The van der Waals surface area contributed by atoms with Crippen molar-refractivity contribution < 1.29 is 9.21 Å². The van der Waals surface area contributed by atoms with Gasteiger partial charge in [0, 0.05) is 49.4 Å². The fourth-order valence-electron chi connectivity index (χ4n) is 2.86. The van der Waals surface area contributed by atoms with Crippen LogP contribution in [0, 0.1) is 5.41 Å². The van der Waals surface area contributed by atoms with Crippen molar-refractivity contribution in [3.63, 3.8) is 0 Å². The van der Waals surface area contributed by atoms with E-state index in [2.05, 4.69) is 22.2 Å². The van der Waals surface area contributed by atoms with Crippen molar-refractivity contribution >= 4 is 28.3 Å². The Balaban J connectivity index is 2.06. The Bertz CT molecular complexity index is 843. The molecular formula is C19H25N3O3. The van der Waals surface area contributed by atoms with Crippen molar-refractivity contribution in [2.45, 2.75) is 20.8 Å². The molecule has 0 atom stereocenters. The maximum Gasteiger partial charge on any atom is 0.229 e. The van der Waals surface area contributed by atoms with Crippen LogP contribution in [-0.2, 0) is 4.79 Å². The van der Waals surface area contributed by atoms with Gasteiger partial charge >= 0.3 is 0 Å². The van der Waals surface area contributed by atoms with E-state index in [1.165, 1.54) is 12.3 Å². The highest BCUT2D eigenvalue weighted by molar-refractivity contribution is 6.03. The van der Waals surface area contributed by atoms with Crippen LogP contribution >= 0.6 is 0 Å². The van der Waals surface area contributed by atoms with Crippen molar-refractivity contribution in [1.82, 2.24) is 4.90 Å². The molecule has 1 aliphatic heterocycles. The number of rotatable bonds is 2. The molecule has 1 N–H and O–H groups in total. The van der Waals surface area contributed by atoms with E-state index in [9.17, 15) is 9.59 Å². The first-order valence-corrected chi connectivity index (χ1v) is 8.56. The molecule has 2 heterocycles. The fourth-order valence-corrected chi connectivity index (χ4v) is 2.86. The minimum atomic E-state index is -0.550. The summed E-state index contributed by atoms with van der Waals surface area (Å²) < 4.78 is 5.56. The molecule has 0 aliphatic carbocycles. The summed E-state index contributed by atoms with van der Waals surface area (Å²) in [7, 11) is 2.10. The largest absolute Gasteiger partial charge is 0.464 e. The van der Waals surface area contributed by atoms with Gasteiger partial charge in [0.25, 0.3) is 0 Å². The predicted octanol–water partition coefficient (Wildman–Crippen LogP) is 2.53. The van der Waals surface area contributed by atoms with E-state index in [0.29, 0.717) is 16.7 Å². The quantitative estimate of drug-likeness (QED) is 0.908. The molecule has 1 fully saturated rings. The second kappa shape index (κ2) is 6.52. The molecule has 3 rings (SSSR count). The van der Waals surface area contributed by atoms with Gasteiger partial charge in [0.2, 0.25) is 5.91 Å². The van der Waals surface area contributed by atoms with Crippen molar-refractivity contribution in [2.75, 3.05) is 43.4 Å². The highest BCUT2D eigenvalue weighted by Gasteiger charge is 2.24. The summed E-state index contributed by atoms with van der Waals surface area (Å²) in [6.45, 7) is 9.27. The van der Waals surface area contributed by atoms with E-state index < -0.39 is 5.41 Å². The number of hydrogen-bond donors (Lipinski definition) is 1. The molecule has 0 unspecified atom stereocenters. The van der Waals surface area contributed by atoms with Gasteiger partial charge in [-0.1, -0.05) is 20.8 Å². The Kier molecular flexibility index (Phi) is 4.56. The number of nitrogens with zero attached hydrogens (tertiary/aromatic N) is 2. The summed E-state index contributed by atoms with van der Waals surface area (Å²) in [5.74, 6) is -0.132. The SMILES string of the molecule is CN1CCN(c2cc(NC(=O)C(C)(C)C)c3c(=O)ccoc3c2)CC1. The van der Waals surface area contributed by atoms with E-state index in [1.54, 1.807) is 0 Å². The first-order chi connectivity index (χ1) is 11.8. The van der Waals surface area contributed by atoms with Gasteiger partial charge in [0.05, 0.1) is 17.3 Å². The molecular weight excluding hydrogens is 318 g/mol. The van der Waals surface area contributed by atoms with E-state index in [-0.39, 0.29) is 11.3 Å². The molecule has 6 heteroatoms. The molecule has 0 radical (unpaired) electrons. The van der Waals surface area contributed by atoms with Crippen LogP contribution in [0.5, 0.6) is 0 Å². The first-order valence-electron chi connectivity index (χ1n) is 8.56. The number of benzene rings is 1. The number of fused-ring (bicyclic) bond motifs is 1. The zero-order valence-electron chi connectivity index (χ0n) is 15.3. The maximum atomic E-state index is 12.5. The number of carbonyl (C=O) groups excluding carboxylic acids is 1. The number of anilines is 2. The summed E-state index contributed by atoms with van der Waals surface area (Å²) in [6.07, 6.45) is 1.40. The van der Waals surface area contributed by atoms with Crippen molar-refractivity contribution in [3.8, 4) is 0 Å². The van der Waals surface area contributed by atoms with Crippen LogP contribution in [0.15, 0.2) is 33.7 Å². The Labute approximate surface area is 147 Å². The zero-order valence-corrected chi connectivity index (χ0v) is 15.3. The standard InChI is InChI=1S/C19H25N3O3/c1-19(2,3)18(24)20-14-11-13(22-8-6-21(4)7-9-22)12-16-17(14)15(23)5-10-25-16/h5,10-12H,6-9H2,1-4H3,(H,20,24). The summed E-state index contributed by atoms with van der Waals surface area (Å²) in [5, 5.41) is 3.33. The van der Waals surface area contributed by atoms with Crippen LogP contribution in [0.4, 0.5) is 11.4 Å². The summed E-state index contributed by atoms with van der Waals surface area (Å²) in [5.41, 5.74) is 1.26. The Morgan fingerprint density at radius 2 is 1.84 bits per heavy atom. The van der Waals surface area contributed by atoms with Crippen LogP contribution in [-0.4, -0.2) is 44.0 Å². The molecule has 0 bridgehead atoms. The van der Waals surface area contributed by atoms with Crippen LogP contribution in [0.25, 0.3) is 11.0 Å². The lowest BCUT2D eigenvalue weighted by atomic mass is 9.95. The smallest absolute Gasteiger partial charge is 0.229 e. The molecule has 1 saturated heterocycles. The average Bonchev–Trinajstić information content (AvgIpc) is 2.54. The second-order valence-corrected chi connectivity index (χ2v) is 7.65. The van der Waals surface area contributed by atoms with E-state index in [4.69, 9.17) is 4.42 Å². The van der Waals surface area contributed by atoms with Gasteiger partial charge in [0.1, 0.15) is 5.58 Å². The van der Waals surface area contributed by atoms with Crippen LogP contribution in [0.2, 0.25) is 0 Å². The number of carbonyl (C=O) groups is 1. The number of likely N-dealkylation sites (N-methyl/N-ethyl adjacent to an activating group) is 1. The molecule has 25 heavy (non-hydrogen) atoms. The minimum absolute atomic E-state index is 0.132. The molecule has 0 saturated carbocycles. The summed E-state index contributed by atoms with van der Waals surface area (Å²) in [6, 6.07) is 5.15. The van der Waals surface area contributed by atoms with Gasteiger partial charge in [-0.2, -0.15) is 0 Å². The highest BCUT2D eigenvalue weighted by Crippen LogP contribution is 2.30. The first kappa shape index (κ1) is 17.5. The number of amides is 1. The lowest BCUT2D eigenvalue weighted by Crippen LogP contribution is -2.44. The monoisotopic (exact) mass is 343 g/mol. The molecule has 1 aromatic carbocycles. The lowest BCUT2D eigenvalue weighted by molar-refractivity contribution is -0.123. The van der Waals surface area contributed by atoms with E-state index >= 15 is 0 Å². The van der Waals surface area contributed by atoms with Crippen LogP contribution < -0.4 is 15.6 Å². The summed E-state index contributed by atoms with van der Waals surface area (Å²) >= 11 is 0. The Morgan fingerprint density at radius 3 is 2.48 bits per heavy atom. The zero-order chi connectivity index (χ0) is 18.2. The topological polar surface area (TPSA) is 65.8 Å². The third-order valence-electron chi connectivity index (χ3n) is 4.55. The van der Waals surface area contributed by atoms with Crippen LogP contribution in [0.3, 0.4) is 0 Å². The Morgan fingerprint density at radius 1 is 1.16 bits per heavy atom. The van der Waals surface area contributed by atoms with Gasteiger partial charge in [0.15, 0.2) is 5.43 Å². The molecule has 6 nitrogen and oxygen atoms in total. The normalized spacial score (nSPS) is 16.2. The lowest BCUT2D eigenvalue weighted by Gasteiger charge is -2.34. The van der Waals surface area contributed by atoms with Crippen molar-refractivity contribution in [3.05, 3.63) is 34.7 Å². The highest BCUT2D eigenvalue weighted by atomic mass is 16.3. The molecule has 1 amide bonds. The predicted molar refractivity (Wildman–Crippen MR) is 100 cm³/mol. The van der Waals surface area contributed by atoms with Gasteiger partial charge in [-0.15, -0.1) is 0 Å². The molecule has 0 spiro atoms. The fraction of sp³-hybridized carbons (Fsp3) is 0.474.